The maximum Gasteiger partial charge on any atom is 0.262 e. The van der Waals surface area contributed by atoms with Crippen molar-refractivity contribution in [1.82, 2.24) is 0 Å². The normalized spacial score (nSPS) is 11.2. The summed E-state index contributed by atoms with van der Waals surface area (Å²) in [5.74, 6) is -0.201. The fourth-order valence-electron chi connectivity index (χ4n) is 2.59. The van der Waals surface area contributed by atoms with E-state index < -0.39 is 10.0 Å². The van der Waals surface area contributed by atoms with E-state index in [1.807, 2.05) is 13.0 Å². The molecule has 0 aromatic heterocycles. The van der Waals surface area contributed by atoms with Gasteiger partial charge in [-0.15, -0.1) is 0 Å². The Morgan fingerprint density at radius 3 is 2.08 bits per heavy atom. The van der Waals surface area contributed by atoms with Crippen molar-refractivity contribution in [3.63, 3.8) is 0 Å². The molecule has 0 radical (unpaired) electrons. The van der Waals surface area contributed by atoms with Crippen molar-refractivity contribution in [3.05, 3.63) is 51.5 Å². The molecule has 0 aliphatic heterocycles. The minimum atomic E-state index is -3.73. The Kier molecular flexibility index (Phi) is 5.35. The van der Waals surface area contributed by atoms with E-state index >= 15 is 0 Å². The molecule has 0 saturated carbocycles. The first-order chi connectivity index (χ1) is 11.1. The molecule has 2 aromatic rings. The number of benzene rings is 2. The highest BCUT2D eigenvalue weighted by Gasteiger charge is 2.21. The summed E-state index contributed by atoms with van der Waals surface area (Å²) < 4.78 is 29.1. The largest absolute Gasteiger partial charge is 0.326 e. The van der Waals surface area contributed by atoms with Crippen LogP contribution in [-0.4, -0.2) is 14.3 Å². The van der Waals surface area contributed by atoms with Gasteiger partial charge in [0, 0.05) is 17.1 Å². The number of halogens is 1. The summed E-state index contributed by atoms with van der Waals surface area (Å²) >= 11 is 3.36. The minimum Gasteiger partial charge on any atom is -0.326 e. The summed E-state index contributed by atoms with van der Waals surface area (Å²) in [7, 11) is -3.73. The fraction of sp³-hybridized carbons (Fsp3) is 0.235. The highest BCUT2D eigenvalue weighted by atomic mass is 79.9. The number of amides is 1. The molecule has 128 valence electrons. The molecule has 0 bridgehead atoms. The lowest BCUT2D eigenvalue weighted by atomic mass is 10.1. The van der Waals surface area contributed by atoms with Crippen molar-refractivity contribution in [1.29, 1.82) is 0 Å². The van der Waals surface area contributed by atoms with E-state index in [-0.39, 0.29) is 10.8 Å². The topological polar surface area (TPSA) is 75.3 Å². The van der Waals surface area contributed by atoms with Gasteiger partial charge in [0.2, 0.25) is 5.91 Å². The van der Waals surface area contributed by atoms with Gasteiger partial charge in [-0.2, -0.15) is 0 Å². The second kappa shape index (κ2) is 6.94. The molecule has 7 heteroatoms. The van der Waals surface area contributed by atoms with E-state index in [0.29, 0.717) is 22.5 Å². The third kappa shape index (κ3) is 4.15. The van der Waals surface area contributed by atoms with Crippen LogP contribution in [0, 0.1) is 20.8 Å². The molecule has 24 heavy (non-hydrogen) atoms. The smallest absolute Gasteiger partial charge is 0.262 e. The molecular weight excluding hydrogens is 392 g/mol. The highest BCUT2D eigenvalue weighted by Crippen LogP contribution is 2.28. The van der Waals surface area contributed by atoms with Crippen molar-refractivity contribution in [3.8, 4) is 0 Å². The van der Waals surface area contributed by atoms with Crippen molar-refractivity contribution in [2.24, 2.45) is 0 Å². The van der Waals surface area contributed by atoms with Crippen LogP contribution in [0.3, 0.4) is 0 Å². The molecule has 0 spiro atoms. The van der Waals surface area contributed by atoms with Gasteiger partial charge in [0.05, 0.1) is 10.6 Å². The number of carbonyl (C=O) groups excluding carboxylic acids is 1. The first kappa shape index (κ1) is 18.5. The van der Waals surface area contributed by atoms with Crippen LogP contribution < -0.4 is 10.0 Å². The van der Waals surface area contributed by atoms with Gasteiger partial charge in [-0.05, 0) is 67.8 Å². The van der Waals surface area contributed by atoms with Gasteiger partial charge in [-0.1, -0.05) is 15.9 Å². The number of nitrogens with one attached hydrogen (secondary N) is 2. The lowest BCUT2D eigenvalue weighted by Gasteiger charge is -2.16. The third-order valence-corrected chi connectivity index (χ3v) is 5.65. The average Bonchev–Trinajstić information content (AvgIpc) is 2.39. The van der Waals surface area contributed by atoms with Crippen molar-refractivity contribution >= 4 is 43.2 Å². The molecule has 0 heterocycles. The first-order valence-corrected chi connectivity index (χ1v) is 9.55. The number of hydrogen-bond donors (Lipinski definition) is 2. The summed E-state index contributed by atoms with van der Waals surface area (Å²) in [5, 5.41) is 2.67. The Labute approximate surface area is 150 Å². The molecule has 2 aromatic carbocycles. The lowest BCUT2D eigenvalue weighted by molar-refractivity contribution is -0.114. The third-order valence-electron chi connectivity index (χ3n) is 3.48. The van der Waals surface area contributed by atoms with Gasteiger partial charge < -0.3 is 5.32 Å². The van der Waals surface area contributed by atoms with Crippen LogP contribution in [0.5, 0.6) is 0 Å². The van der Waals surface area contributed by atoms with Gasteiger partial charge >= 0.3 is 0 Å². The molecule has 0 atom stereocenters. The zero-order valence-corrected chi connectivity index (χ0v) is 16.3. The monoisotopic (exact) mass is 410 g/mol. The van der Waals surface area contributed by atoms with E-state index in [0.717, 1.165) is 10.0 Å². The zero-order valence-electron chi connectivity index (χ0n) is 13.9. The number of sulfonamides is 1. The summed E-state index contributed by atoms with van der Waals surface area (Å²) in [5.41, 5.74) is 3.07. The van der Waals surface area contributed by atoms with Crippen LogP contribution in [-0.2, 0) is 14.8 Å². The number of carbonyl (C=O) groups is 1. The maximum atomic E-state index is 12.8. The number of rotatable bonds is 4. The summed E-state index contributed by atoms with van der Waals surface area (Å²) in [6.07, 6.45) is 0. The van der Waals surface area contributed by atoms with Gasteiger partial charge in [0.25, 0.3) is 10.0 Å². The van der Waals surface area contributed by atoms with E-state index in [2.05, 4.69) is 26.0 Å². The highest BCUT2D eigenvalue weighted by molar-refractivity contribution is 9.10. The molecule has 1 amide bonds. The second-order valence-corrected chi connectivity index (χ2v) is 8.22. The van der Waals surface area contributed by atoms with Gasteiger partial charge in [0.1, 0.15) is 0 Å². The Balaban J connectivity index is 2.44. The summed E-state index contributed by atoms with van der Waals surface area (Å²) in [6.45, 7) is 6.66. The molecule has 0 fully saturated rings. The Morgan fingerprint density at radius 2 is 1.58 bits per heavy atom. The SMILES string of the molecule is CC(=O)Nc1cc(C)c(S(=O)(=O)Nc2ccc(Br)cc2C)c(C)c1. The molecule has 2 N–H and O–H groups in total. The maximum absolute atomic E-state index is 12.8. The van der Waals surface area contributed by atoms with Crippen LogP contribution >= 0.6 is 15.9 Å². The van der Waals surface area contributed by atoms with E-state index in [4.69, 9.17) is 0 Å². The van der Waals surface area contributed by atoms with Gasteiger partial charge in [-0.25, -0.2) is 8.42 Å². The second-order valence-electron chi connectivity index (χ2n) is 5.69. The Hall–Kier alpha value is -1.86. The number of hydrogen-bond acceptors (Lipinski definition) is 3. The predicted molar refractivity (Wildman–Crippen MR) is 99.9 cm³/mol. The predicted octanol–water partition coefficient (Wildman–Crippen LogP) is 4.13. The minimum absolute atomic E-state index is 0.201. The van der Waals surface area contributed by atoms with Crippen LogP contribution in [0.1, 0.15) is 23.6 Å². The van der Waals surface area contributed by atoms with E-state index in [1.54, 1.807) is 38.1 Å². The first-order valence-electron chi connectivity index (χ1n) is 7.28. The zero-order chi connectivity index (χ0) is 18.1. The summed E-state index contributed by atoms with van der Waals surface area (Å²) in [4.78, 5) is 11.4. The van der Waals surface area contributed by atoms with Gasteiger partial charge in [0.15, 0.2) is 0 Å². The Bertz CT molecular complexity index is 885. The molecule has 0 aliphatic rings. The van der Waals surface area contributed by atoms with Crippen molar-refractivity contribution in [2.75, 3.05) is 10.0 Å². The van der Waals surface area contributed by atoms with Crippen LogP contribution in [0.4, 0.5) is 11.4 Å². The van der Waals surface area contributed by atoms with Crippen molar-refractivity contribution in [2.45, 2.75) is 32.6 Å². The molecule has 5 nitrogen and oxygen atoms in total. The molecule has 0 unspecified atom stereocenters. The fourth-order valence-corrected chi connectivity index (χ4v) is 4.65. The molecule has 2 rings (SSSR count). The van der Waals surface area contributed by atoms with Crippen LogP contribution in [0.15, 0.2) is 39.7 Å². The molecule has 0 saturated heterocycles. The quantitative estimate of drug-likeness (QED) is 0.794. The summed E-state index contributed by atoms with van der Waals surface area (Å²) in [6, 6.07) is 8.64. The number of aryl methyl sites for hydroxylation is 3. The van der Waals surface area contributed by atoms with Crippen LogP contribution in [0.25, 0.3) is 0 Å². The number of anilines is 2. The van der Waals surface area contributed by atoms with Crippen LogP contribution in [0.2, 0.25) is 0 Å². The average molecular weight is 411 g/mol. The van der Waals surface area contributed by atoms with Crippen molar-refractivity contribution < 1.29 is 13.2 Å². The lowest BCUT2D eigenvalue weighted by Crippen LogP contribution is -2.17. The molecule has 0 aliphatic carbocycles. The van der Waals surface area contributed by atoms with Gasteiger partial charge in [-0.3, -0.25) is 9.52 Å². The van der Waals surface area contributed by atoms with E-state index in [1.165, 1.54) is 6.92 Å². The van der Waals surface area contributed by atoms with E-state index in [9.17, 15) is 13.2 Å². The Morgan fingerprint density at radius 1 is 1.00 bits per heavy atom. The molecular formula is C17H19BrN2O3S. The standard InChI is InChI=1S/C17H19BrN2O3S/c1-10-7-14(18)5-6-16(10)20-24(22,23)17-11(2)8-15(9-12(17)3)19-13(4)21/h5-9,20H,1-4H3,(H,19,21).